The molecule has 1 N–H and O–H groups in total. The minimum Gasteiger partial charge on any atom is -0.341 e. The largest absolute Gasteiger partial charge is 0.341 e. The second-order valence-corrected chi connectivity index (χ2v) is 6.30. The first-order valence-corrected chi connectivity index (χ1v) is 8.98. The van der Waals surface area contributed by atoms with Gasteiger partial charge in [-0.2, -0.15) is 0 Å². The van der Waals surface area contributed by atoms with Crippen LogP contribution in [0.15, 0.2) is 61.2 Å². The summed E-state index contributed by atoms with van der Waals surface area (Å²) in [6, 6.07) is 12.0. The molecule has 0 atom stereocenters. The molecule has 138 valence electrons. The predicted octanol–water partition coefficient (Wildman–Crippen LogP) is 3.49. The van der Waals surface area contributed by atoms with Crippen molar-refractivity contribution < 1.29 is 4.79 Å². The van der Waals surface area contributed by atoms with E-state index in [1.165, 1.54) is 5.56 Å². The van der Waals surface area contributed by atoms with Crippen LogP contribution in [0.1, 0.15) is 28.4 Å². The number of carbonyl (C=O) groups excluding carboxylic acids is 1. The minimum absolute atomic E-state index is 0.0945. The van der Waals surface area contributed by atoms with Crippen LogP contribution < -0.4 is 5.32 Å². The van der Waals surface area contributed by atoms with E-state index in [1.807, 2.05) is 24.3 Å². The lowest BCUT2D eigenvalue weighted by molar-refractivity contribution is 0.0796. The second-order valence-electron chi connectivity index (χ2n) is 6.30. The molecule has 0 radical (unpaired) electrons. The molecule has 0 aliphatic carbocycles. The van der Waals surface area contributed by atoms with Crippen molar-refractivity contribution in [2.45, 2.75) is 19.8 Å². The number of anilines is 2. The highest BCUT2D eigenvalue weighted by Gasteiger charge is 2.13. The number of pyridine rings is 1. The van der Waals surface area contributed by atoms with Crippen molar-refractivity contribution in [1.82, 2.24) is 19.9 Å². The van der Waals surface area contributed by atoms with Crippen molar-refractivity contribution in [2.75, 3.05) is 18.9 Å². The summed E-state index contributed by atoms with van der Waals surface area (Å²) in [6.07, 6.45) is 8.41. The molecule has 0 bridgehead atoms. The lowest BCUT2D eigenvalue weighted by atomic mass is 10.1. The number of nitrogens with one attached hydrogen (secondary N) is 1. The van der Waals surface area contributed by atoms with Crippen molar-refractivity contribution in [3.05, 3.63) is 77.9 Å². The molecule has 3 aromatic rings. The number of hydrogen-bond acceptors (Lipinski definition) is 5. The van der Waals surface area contributed by atoms with E-state index in [0.717, 1.165) is 24.1 Å². The molecule has 0 spiro atoms. The fraction of sp³-hybridized carbons (Fsp3) is 0.238. The van der Waals surface area contributed by atoms with Gasteiger partial charge in [-0.05, 0) is 48.2 Å². The topological polar surface area (TPSA) is 71.0 Å². The monoisotopic (exact) mass is 361 g/mol. The van der Waals surface area contributed by atoms with E-state index in [-0.39, 0.29) is 5.91 Å². The van der Waals surface area contributed by atoms with E-state index in [2.05, 4.69) is 39.3 Å². The van der Waals surface area contributed by atoms with Gasteiger partial charge in [0.15, 0.2) is 0 Å². The van der Waals surface area contributed by atoms with Gasteiger partial charge >= 0.3 is 0 Å². The van der Waals surface area contributed by atoms with Crippen LogP contribution in [0.4, 0.5) is 11.6 Å². The van der Waals surface area contributed by atoms with Crippen LogP contribution in [0.3, 0.4) is 0 Å². The summed E-state index contributed by atoms with van der Waals surface area (Å²) in [6.45, 7) is 2.74. The zero-order chi connectivity index (χ0) is 19.1. The van der Waals surface area contributed by atoms with Gasteiger partial charge < -0.3 is 10.2 Å². The standard InChI is InChI=1S/C21H23N5O/c1-3-16-4-6-19(7-5-16)25-21-23-14-18(15-24-21)20(27)26(2)13-10-17-8-11-22-12-9-17/h4-9,11-12,14-15H,3,10,13H2,1-2H3,(H,23,24,25). The van der Waals surface area contributed by atoms with Crippen LogP contribution in [-0.2, 0) is 12.8 Å². The summed E-state index contributed by atoms with van der Waals surface area (Å²) in [4.78, 5) is 26.7. The molecule has 0 saturated carbocycles. The van der Waals surface area contributed by atoms with Crippen molar-refractivity contribution in [2.24, 2.45) is 0 Å². The van der Waals surface area contributed by atoms with E-state index >= 15 is 0 Å². The summed E-state index contributed by atoms with van der Waals surface area (Å²) in [5.41, 5.74) is 3.81. The fourth-order valence-electron chi connectivity index (χ4n) is 2.62. The van der Waals surface area contributed by atoms with E-state index in [0.29, 0.717) is 18.1 Å². The average molecular weight is 361 g/mol. The molecule has 0 unspecified atom stereocenters. The van der Waals surface area contributed by atoms with Crippen molar-refractivity contribution in [3.63, 3.8) is 0 Å². The summed E-state index contributed by atoms with van der Waals surface area (Å²) in [5.74, 6) is 0.373. The van der Waals surface area contributed by atoms with Crippen molar-refractivity contribution >= 4 is 17.5 Å². The Morgan fingerprint density at radius 2 is 1.67 bits per heavy atom. The number of rotatable bonds is 7. The third-order valence-corrected chi connectivity index (χ3v) is 4.35. The molecular formula is C21H23N5O. The fourth-order valence-corrected chi connectivity index (χ4v) is 2.62. The molecule has 2 aromatic heterocycles. The van der Waals surface area contributed by atoms with E-state index in [1.54, 1.807) is 36.7 Å². The number of nitrogens with zero attached hydrogens (tertiary/aromatic N) is 4. The molecule has 2 heterocycles. The van der Waals surface area contributed by atoms with Crippen LogP contribution in [0, 0.1) is 0 Å². The Kier molecular flexibility index (Phi) is 6.10. The molecule has 1 aromatic carbocycles. The molecule has 1 amide bonds. The highest BCUT2D eigenvalue weighted by Crippen LogP contribution is 2.14. The first-order chi connectivity index (χ1) is 13.2. The number of hydrogen-bond donors (Lipinski definition) is 1. The molecular weight excluding hydrogens is 338 g/mol. The summed E-state index contributed by atoms with van der Waals surface area (Å²) in [5, 5.41) is 3.14. The van der Waals surface area contributed by atoms with Gasteiger partial charge in [0.1, 0.15) is 0 Å². The third-order valence-electron chi connectivity index (χ3n) is 4.35. The smallest absolute Gasteiger partial charge is 0.256 e. The van der Waals surface area contributed by atoms with Crippen LogP contribution in [0.25, 0.3) is 0 Å². The minimum atomic E-state index is -0.0945. The number of benzene rings is 1. The van der Waals surface area contributed by atoms with Gasteiger partial charge in [0.2, 0.25) is 5.95 Å². The van der Waals surface area contributed by atoms with Gasteiger partial charge in [-0.3, -0.25) is 9.78 Å². The van der Waals surface area contributed by atoms with Gasteiger partial charge in [-0.15, -0.1) is 0 Å². The Labute approximate surface area is 159 Å². The normalized spacial score (nSPS) is 10.4. The van der Waals surface area contributed by atoms with Crippen LogP contribution in [-0.4, -0.2) is 39.4 Å². The predicted molar refractivity (Wildman–Crippen MR) is 106 cm³/mol. The van der Waals surface area contributed by atoms with Gasteiger partial charge in [0, 0.05) is 44.1 Å². The molecule has 0 fully saturated rings. The molecule has 27 heavy (non-hydrogen) atoms. The van der Waals surface area contributed by atoms with E-state index in [4.69, 9.17) is 0 Å². The second kappa shape index (κ2) is 8.89. The quantitative estimate of drug-likeness (QED) is 0.697. The maximum atomic E-state index is 12.5. The van der Waals surface area contributed by atoms with Crippen LogP contribution >= 0.6 is 0 Å². The first-order valence-electron chi connectivity index (χ1n) is 8.98. The number of amides is 1. The first kappa shape index (κ1) is 18.5. The molecule has 3 rings (SSSR count). The zero-order valence-electron chi connectivity index (χ0n) is 15.6. The lowest BCUT2D eigenvalue weighted by Crippen LogP contribution is -2.29. The Balaban J connectivity index is 1.57. The Hall–Kier alpha value is -3.28. The maximum Gasteiger partial charge on any atom is 0.256 e. The number of aromatic nitrogens is 3. The Morgan fingerprint density at radius 1 is 1.00 bits per heavy atom. The number of aryl methyl sites for hydroxylation is 1. The molecule has 0 aliphatic heterocycles. The van der Waals surface area contributed by atoms with Gasteiger partial charge in [0.25, 0.3) is 5.91 Å². The summed E-state index contributed by atoms with van der Waals surface area (Å²) < 4.78 is 0. The average Bonchev–Trinajstić information content (AvgIpc) is 2.73. The molecule has 6 nitrogen and oxygen atoms in total. The van der Waals surface area contributed by atoms with E-state index < -0.39 is 0 Å². The summed E-state index contributed by atoms with van der Waals surface area (Å²) >= 11 is 0. The highest BCUT2D eigenvalue weighted by atomic mass is 16.2. The van der Waals surface area contributed by atoms with Crippen molar-refractivity contribution in [1.29, 1.82) is 0 Å². The zero-order valence-corrected chi connectivity index (χ0v) is 15.6. The van der Waals surface area contributed by atoms with Gasteiger partial charge in [-0.1, -0.05) is 19.1 Å². The maximum absolute atomic E-state index is 12.5. The van der Waals surface area contributed by atoms with Crippen LogP contribution in [0.5, 0.6) is 0 Å². The third kappa shape index (κ3) is 5.10. The van der Waals surface area contributed by atoms with Gasteiger partial charge in [0.05, 0.1) is 5.56 Å². The van der Waals surface area contributed by atoms with E-state index in [9.17, 15) is 4.79 Å². The molecule has 0 aliphatic rings. The Bertz CT molecular complexity index is 863. The highest BCUT2D eigenvalue weighted by molar-refractivity contribution is 5.93. The number of likely N-dealkylation sites (N-methyl/N-ethyl adjacent to an activating group) is 1. The van der Waals surface area contributed by atoms with Crippen LogP contribution in [0.2, 0.25) is 0 Å². The Morgan fingerprint density at radius 3 is 2.30 bits per heavy atom. The van der Waals surface area contributed by atoms with Gasteiger partial charge in [-0.25, -0.2) is 9.97 Å². The SMILES string of the molecule is CCc1ccc(Nc2ncc(C(=O)N(C)CCc3ccncc3)cn2)cc1. The van der Waals surface area contributed by atoms with Crippen molar-refractivity contribution in [3.8, 4) is 0 Å². The number of carbonyl (C=O) groups is 1. The molecule has 6 heteroatoms. The summed E-state index contributed by atoms with van der Waals surface area (Å²) in [7, 11) is 1.78. The lowest BCUT2D eigenvalue weighted by Gasteiger charge is -2.17. The molecule has 0 saturated heterocycles.